The van der Waals surface area contributed by atoms with E-state index in [4.69, 9.17) is 0 Å². The Morgan fingerprint density at radius 3 is 2.47 bits per heavy atom. The molecule has 0 saturated heterocycles. The van der Waals surface area contributed by atoms with Gasteiger partial charge in [0.05, 0.1) is 0 Å². The normalized spacial score (nSPS) is 11.4. The first-order valence-electron chi connectivity index (χ1n) is 5.88. The third kappa shape index (κ3) is 3.67. The summed E-state index contributed by atoms with van der Waals surface area (Å²) < 4.78 is 7.55. The van der Waals surface area contributed by atoms with Crippen LogP contribution in [0.3, 0.4) is 0 Å². The molecule has 1 aromatic carbocycles. The highest BCUT2D eigenvalue weighted by atomic mass is 79.9. The molecule has 2 aliphatic rings. The average Bonchev–Trinajstić information content (AvgIpc) is 2.88. The van der Waals surface area contributed by atoms with Crippen LogP contribution in [0.1, 0.15) is 20.8 Å². The van der Waals surface area contributed by atoms with E-state index in [0.29, 0.717) is 6.47 Å². The summed E-state index contributed by atoms with van der Waals surface area (Å²) >= 11 is 3.44. The smallest absolute Gasteiger partial charge is 0.293 e. The van der Waals surface area contributed by atoms with Crippen molar-refractivity contribution in [3.05, 3.63) is 34.9 Å². The van der Waals surface area contributed by atoms with Gasteiger partial charge in [-0.05, 0) is 38.5 Å². The van der Waals surface area contributed by atoms with Crippen molar-refractivity contribution in [3.63, 3.8) is 0 Å². The van der Waals surface area contributed by atoms with Crippen LogP contribution >= 0.6 is 15.9 Å². The first kappa shape index (κ1) is 13.8. The molecule has 0 aromatic heterocycles. The molecule has 2 heterocycles. The molecule has 4 nitrogen and oxygen atoms in total. The highest BCUT2D eigenvalue weighted by Gasteiger charge is 2.24. The number of benzene rings is 1. The van der Waals surface area contributed by atoms with Crippen LogP contribution in [0.15, 0.2) is 34.9 Å². The van der Waals surface area contributed by atoms with Crippen LogP contribution in [0.5, 0.6) is 0 Å². The molecule has 0 saturated carbocycles. The summed E-state index contributed by atoms with van der Waals surface area (Å²) in [5, 5.41) is 4.10. The molecule has 100 valence electrons. The van der Waals surface area contributed by atoms with E-state index in [1.165, 1.54) is 11.1 Å². The second-order valence-corrected chi connectivity index (χ2v) is 6.06. The van der Waals surface area contributed by atoms with Gasteiger partial charge in [0.2, 0.25) is 0 Å². The van der Waals surface area contributed by atoms with Crippen LogP contribution in [0.25, 0.3) is 16.9 Å². The van der Waals surface area contributed by atoms with E-state index < -0.39 is 0 Å². The average molecular weight is 323 g/mol. The number of ether oxygens (including phenoxy) is 1. The van der Waals surface area contributed by atoms with Gasteiger partial charge in [0.15, 0.2) is 5.82 Å². The van der Waals surface area contributed by atoms with Gasteiger partial charge in [-0.1, -0.05) is 28.1 Å². The van der Waals surface area contributed by atoms with Crippen molar-refractivity contribution in [1.82, 2.24) is 9.78 Å². The van der Waals surface area contributed by atoms with E-state index in [1.807, 2.05) is 43.8 Å². The monoisotopic (exact) mass is 322 g/mol. The quantitative estimate of drug-likeness (QED) is 0.677. The van der Waals surface area contributed by atoms with Crippen LogP contribution in [0.4, 0.5) is 0 Å². The van der Waals surface area contributed by atoms with Gasteiger partial charge < -0.3 is 4.74 Å². The van der Waals surface area contributed by atoms with Gasteiger partial charge in [0, 0.05) is 16.2 Å². The van der Waals surface area contributed by atoms with E-state index in [-0.39, 0.29) is 5.60 Å². The summed E-state index contributed by atoms with van der Waals surface area (Å²) in [5.41, 5.74) is 2.16. The van der Waals surface area contributed by atoms with Crippen LogP contribution < -0.4 is 0 Å². The third-order valence-electron chi connectivity index (χ3n) is 2.41. The summed E-state index contributed by atoms with van der Waals surface area (Å²) in [4.78, 5) is 9.60. The molecule has 0 atom stereocenters. The molecular formula is C14H15BrN2O2. The number of nitrogens with zero attached hydrogens (tertiary/aromatic N) is 2. The Balaban J connectivity index is 0.000000167. The van der Waals surface area contributed by atoms with Gasteiger partial charge in [-0.2, -0.15) is 0 Å². The fourth-order valence-electron chi connectivity index (χ4n) is 1.46. The fraction of sp³-hybridized carbons (Fsp3) is 0.286. The van der Waals surface area contributed by atoms with Gasteiger partial charge >= 0.3 is 0 Å². The summed E-state index contributed by atoms with van der Waals surface area (Å²) in [5.74, 6) is 1.12. The number of aromatic nitrogens is 2. The Hall–Kier alpha value is -1.62. The van der Waals surface area contributed by atoms with Crippen LogP contribution in [0, 0.1) is 0 Å². The summed E-state index contributed by atoms with van der Waals surface area (Å²) in [6.45, 7) is 5.92. The topological polar surface area (TPSA) is 44.1 Å². The van der Waals surface area contributed by atoms with Crippen molar-refractivity contribution < 1.29 is 9.53 Å². The maximum absolute atomic E-state index is 9.60. The number of rotatable bonds is 2. The van der Waals surface area contributed by atoms with Crippen molar-refractivity contribution in [2.24, 2.45) is 0 Å². The second kappa shape index (κ2) is 5.17. The molecule has 19 heavy (non-hydrogen) atoms. The van der Waals surface area contributed by atoms with Gasteiger partial charge in [-0.3, -0.25) is 4.79 Å². The fourth-order valence-corrected chi connectivity index (χ4v) is 1.86. The lowest BCUT2D eigenvalue weighted by Crippen LogP contribution is -2.17. The standard InChI is InChI=1S/C9H5BrN2.C5H10O2/c10-7-3-1-2-6(4-7)8-5-12-9(8)11-12;1-5(2,3)7-4-6/h1-5H;4H,1-3H3. The maximum atomic E-state index is 9.60. The summed E-state index contributed by atoms with van der Waals surface area (Å²) in [6, 6.07) is 8.25. The minimum absolute atomic E-state index is 0.318. The molecule has 5 heteroatoms. The van der Waals surface area contributed by atoms with Gasteiger partial charge in [0.1, 0.15) is 5.60 Å². The first-order chi connectivity index (χ1) is 8.90. The third-order valence-corrected chi connectivity index (χ3v) is 2.90. The summed E-state index contributed by atoms with van der Waals surface area (Å²) in [7, 11) is 0. The number of carbonyl (C=O) groups excluding carboxylic acids is 1. The predicted molar refractivity (Wildman–Crippen MR) is 77.2 cm³/mol. The van der Waals surface area contributed by atoms with Gasteiger partial charge in [-0.15, -0.1) is 5.10 Å². The van der Waals surface area contributed by atoms with E-state index in [1.54, 1.807) is 0 Å². The zero-order chi connectivity index (χ0) is 14.0. The van der Waals surface area contributed by atoms with E-state index in [9.17, 15) is 4.79 Å². The maximum Gasteiger partial charge on any atom is 0.293 e. The molecular weight excluding hydrogens is 308 g/mol. The van der Waals surface area contributed by atoms with Crippen molar-refractivity contribution in [1.29, 1.82) is 0 Å². The molecule has 0 spiro atoms. The molecule has 1 aromatic rings. The minimum Gasteiger partial charge on any atom is -0.462 e. The minimum atomic E-state index is -0.318. The number of hydrogen-bond acceptors (Lipinski definition) is 3. The molecule has 0 aliphatic carbocycles. The zero-order valence-corrected chi connectivity index (χ0v) is 12.6. The second-order valence-electron chi connectivity index (χ2n) is 5.15. The predicted octanol–water partition coefficient (Wildman–Crippen LogP) is 3.57. The molecule has 3 rings (SSSR count). The Bertz CT molecular complexity index is 600. The van der Waals surface area contributed by atoms with Crippen molar-refractivity contribution >= 4 is 22.4 Å². The number of carbonyl (C=O) groups is 1. The van der Waals surface area contributed by atoms with E-state index >= 15 is 0 Å². The SMILES string of the molecule is Brc1cccc(-c2cn3nc2-3)c1.CC(C)(C)OC=O. The molecule has 0 amide bonds. The number of hydrogen-bond donors (Lipinski definition) is 0. The number of fused-ring (bicyclic) bond motifs is 1. The van der Waals surface area contributed by atoms with Crippen LogP contribution in [-0.4, -0.2) is 21.9 Å². The van der Waals surface area contributed by atoms with Crippen molar-refractivity contribution in [2.45, 2.75) is 26.4 Å². The van der Waals surface area contributed by atoms with Crippen molar-refractivity contribution in [2.75, 3.05) is 0 Å². The number of halogens is 1. The van der Waals surface area contributed by atoms with Crippen LogP contribution in [-0.2, 0) is 9.53 Å². The Morgan fingerprint density at radius 1 is 1.37 bits per heavy atom. The molecule has 0 unspecified atom stereocenters. The Morgan fingerprint density at radius 2 is 2.11 bits per heavy atom. The Kier molecular flexibility index (Phi) is 3.75. The molecule has 0 N–H and O–H groups in total. The van der Waals surface area contributed by atoms with Crippen LogP contribution in [0.2, 0.25) is 0 Å². The summed E-state index contributed by atoms with van der Waals surface area (Å²) in [6.07, 6.45) is 2.04. The highest BCUT2D eigenvalue weighted by molar-refractivity contribution is 9.10. The highest BCUT2D eigenvalue weighted by Crippen LogP contribution is 2.35. The molecule has 0 radical (unpaired) electrons. The van der Waals surface area contributed by atoms with Crippen molar-refractivity contribution in [3.8, 4) is 16.9 Å². The molecule has 0 fully saturated rings. The Labute approximate surface area is 120 Å². The lowest BCUT2D eigenvalue weighted by atomic mass is 10.1. The zero-order valence-electron chi connectivity index (χ0n) is 11.1. The van der Waals surface area contributed by atoms with Gasteiger partial charge in [-0.25, -0.2) is 4.68 Å². The van der Waals surface area contributed by atoms with E-state index in [0.717, 1.165) is 10.3 Å². The van der Waals surface area contributed by atoms with Gasteiger partial charge in [0.25, 0.3) is 6.47 Å². The molecule has 0 bridgehead atoms. The first-order valence-corrected chi connectivity index (χ1v) is 6.67. The molecule has 2 aliphatic heterocycles. The largest absolute Gasteiger partial charge is 0.462 e. The van der Waals surface area contributed by atoms with E-state index in [2.05, 4.69) is 37.9 Å². The lowest BCUT2D eigenvalue weighted by Gasteiger charge is -2.14. The lowest BCUT2D eigenvalue weighted by molar-refractivity contribution is -0.138.